The highest BCUT2D eigenvalue weighted by Gasteiger charge is 2.21. The molecule has 0 aliphatic carbocycles. The summed E-state index contributed by atoms with van der Waals surface area (Å²) in [6.45, 7) is 5.58. The summed E-state index contributed by atoms with van der Waals surface area (Å²) < 4.78 is 3.22. The normalized spacial score (nSPS) is 11.8. The van der Waals surface area contributed by atoms with Gasteiger partial charge in [0.2, 0.25) is 11.8 Å². The molecule has 32 heavy (non-hydrogen) atoms. The number of thioether (sulfide) groups is 1. The quantitative estimate of drug-likeness (QED) is 0.545. The summed E-state index contributed by atoms with van der Waals surface area (Å²) in [7, 11) is 1.77. The molecule has 8 heteroatoms. The van der Waals surface area contributed by atoms with E-state index in [4.69, 9.17) is 0 Å². The van der Waals surface area contributed by atoms with Gasteiger partial charge in [-0.15, -0.1) is 11.8 Å². The Morgan fingerprint density at radius 1 is 1.03 bits per heavy atom. The molecule has 2 N–H and O–H groups in total. The minimum atomic E-state index is -0.507. The lowest BCUT2D eigenvalue weighted by Gasteiger charge is -2.11. The van der Waals surface area contributed by atoms with Crippen LogP contribution in [0.15, 0.2) is 59.4 Å². The Morgan fingerprint density at radius 3 is 2.31 bits per heavy atom. The zero-order chi connectivity index (χ0) is 23.3. The maximum atomic E-state index is 12.9. The van der Waals surface area contributed by atoms with E-state index < -0.39 is 5.25 Å². The smallest absolute Gasteiger partial charge is 0.295 e. The van der Waals surface area contributed by atoms with Gasteiger partial charge in [-0.1, -0.05) is 37.3 Å². The summed E-state index contributed by atoms with van der Waals surface area (Å²) in [6.07, 6.45) is 0.939. The molecule has 1 unspecified atom stereocenters. The molecule has 0 saturated carbocycles. The van der Waals surface area contributed by atoms with Gasteiger partial charge in [-0.2, -0.15) is 0 Å². The van der Waals surface area contributed by atoms with E-state index in [1.807, 2.05) is 54.6 Å². The fourth-order valence-electron chi connectivity index (χ4n) is 3.23. The first-order chi connectivity index (χ1) is 15.3. The molecule has 0 aliphatic heterocycles. The molecule has 3 rings (SSSR count). The summed E-state index contributed by atoms with van der Waals surface area (Å²) in [4.78, 5) is 37.9. The van der Waals surface area contributed by atoms with E-state index in [1.165, 1.54) is 22.0 Å². The number of anilines is 2. The minimum Gasteiger partial charge on any atom is -0.325 e. The van der Waals surface area contributed by atoms with Gasteiger partial charge >= 0.3 is 0 Å². The highest BCUT2D eigenvalue weighted by Crippen LogP contribution is 2.18. The van der Waals surface area contributed by atoms with Crippen LogP contribution in [0, 0.1) is 6.92 Å². The molecule has 2 aromatic carbocycles. The molecule has 0 aliphatic rings. The van der Waals surface area contributed by atoms with Crippen LogP contribution in [-0.2, 0) is 23.1 Å². The predicted octanol–water partition coefficient (Wildman–Crippen LogP) is 3.75. The summed E-state index contributed by atoms with van der Waals surface area (Å²) in [6, 6.07) is 16.9. The second-order valence-corrected chi connectivity index (χ2v) is 8.81. The van der Waals surface area contributed by atoms with Gasteiger partial charge < -0.3 is 10.6 Å². The molecule has 7 nitrogen and oxygen atoms in total. The van der Waals surface area contributed by atoms with Gasteiger partial charge in [-0.25, -0.2) is 4.68 Å². The van der Waals surface area contributed by atoms with Crippen molar-refractivity contribution >= 4 is 35.0 Å². The Hall–Kier alpha value is -3.26. The van der Waals surface area contributed by atoms with Crippen molar-refractivity contribution in [2.24, 2.45) is 7.05 Å². The number of hydrogen-bond acceptors (Lipinski definition) is 4. The molecule has 1 atom stereocenters. The number of aromatic nitrogens is 2. The molecule has 0 fully saturated rings. The Bertz CT molecular complexity index is 1150. The number of aryl methyl sites for hydroxylation is 1. The van der Waals surface area contributed by atoms with Gasteiger partial charge in [0.25, 0.3) is 5.56 Å². The number of rotatable bonds is 8. The summed E-state index contributed by atoms with van der Waals surface area (Å²) in [5.74, 6) is -0.367. The van der Waals surface area contributed by atoms with Crippen molar-refractivity contribution in [2.75, 3.05) is 16.4 Å². The minimum absolute atomic E-state index is 0.131. The summed E-state index contributed by atoms with van der Waals surface area (Å²) in [5, 5.41) is 5.08. The molecule has 2 amide bonds. The van der Waals surface area contributed by atoms with Gasteiger partial charge in [0.05, 0.1) is 22.4 Å². The first-order valence-electron chi connectivity index (χ1n) is 10.5. The maximum absolute atomic E-state index is 12.9. The molecular weight excluding hydrogens is 424 g/mol. The van der Waals surface area contributed by atoms with Crippen molar-refractivity contribution in [1.29, 1.82) is 0 Å². The SMILES string of the molecule is CCc1ccc(NC(=O)CSC(C)C(=O)Nc2c(C)n(C)n(-c3ccccc3)c2=O)cc1. The lowest BCUT2D eigenvalue weighted by Crippen LogP contribution is -2.28. The number of nitrogens with one attached hydrogen (secondary N) is 2. The lowest BCUT2D eigenvalue weighted by atomic mass is 10.1. The van der Waals surface area contributed by atoms with Crippen LogP contribution in [0.5, 0.6) is 0 Å². The van der Waals surface area contributed by atoms with Crippen molar-refractivity contribution in [3.05, 3.63) is 76.2 Å². The predicted molar refractivity (Wildman–Crippen MR) is 131 cm³/mol. The van der Waals surface area contributed by atoms with E-state index in [2.05, 4.69) is 17.6 Å². The standard InChI is InChI=1S/C24H28N4O3S/c1-5-18-11-13-19(14-12-18)25-21(29)15-32-17(3)23(30)26-22-16(2)27(4)28(24(22)31)20-9-7-6-8-10-20/h6-14,17H,5,15H2,1-4H3,(H,25,29)(H,26,30). The van der Waals surface area contributed by atoms with E-state index in [0.717, 1.165) is 17.8 Å². The van der Waals surface area contributed by atoms with Crippen LogP contribution in [0.2, 0.25) is 0 Å². The number of nitrogens with zero attached hydrogens (tertiary/aromatic N) is 2. The van der Waals surface area contributed by atoms with Gasteiger partial charge in [-0.3, -0.25) is 19.1 Å². The first kappa shape index (κ1) is 23.4. The number of carbonyl (C=O) groups excluding carboxylic acids is 2. The van der Waals surface area contributed by atoms with Crippen LogP contribution in [0.3, 0.4) is 0 Å². The molecule has 0 bridgehead atoms. The molecule has 1 heterocycles. The van der Waals surface area contributed by atoms with Gasteiger partial charge in [0.15, 0.2) is 0 Å². The van der Waals surface area contributed by atoms with Crippen LogP contribution in [0.25, 0.3) is 5.69 Å². The largest absolute Gasteiger partial charge is 0.325 e. The van der Waals surface area contributed by atoms with E-state index in [0.29, 0.717) is 5.69 Å². The summed E-state index contributed by atoms with van der Waals surface area (Å²) >= 11 is 1.22. The molecule has 3 aromatic rings. The van der Waals surface area contributed by atoms with E-state index in [-0.39, 0.29) is 28.8 Å². The number of amides is 2. The Kier molecular flexibility index (Phi) is 7.58. The zero-order valence-electron chi connectivity index (χ0n) is 18.7. The second-order valence-electron chi connectivity index (χ2n) is 7.48. The lowest BCUT2D eigenvalue weighted by molar-refractivity contribution is -0.115. The van der Waals surface area contributed by atoms with Gasteiger partial charge in [-0.05, 0) is 50.1 Å². The average molecular weight is 453 g/mol. The number of para-hydroxylation sites is 1. The molecule has 0 saturated heterocycles. The van der Waals surface area contributed by atoms with Crippen LogP contribution >= 0.6 is 11.8 Å². The topological polar surface area (TPSA) is 85.1 Å². The molecule has 0 spiro atoms. The molecule has 1 aromatic heterocycles. The van der Waals surface area contributed by atoms with E-state index >= 15 is 0 Å². The van der Waals surface area contributed by atoms with Crippen LogP contribution < -0.4 is 16.2 Å². The number of hydrogen-bond donors (Lipinski definition) is 2. The third kappa shape index (κ3) is 5.31. The van der Waals surface area contributed by atoms with Crippen molar-refractivity contribution in [1.82, 2.24) is 9.36 Å². The molecule has 0 radical (unpaired) electrons. The van der Waals surface area contributed by atoms with Crippen LogP contribution in [0.1, 0.15) is 25.1 Å². The Labute approximate surface area is 191 Å². The summed E-state index contributed by atoms with van der Waals surface area (Å²) in [5.41, 5.74) is 3.24. The highest BCUT2D eigenvalue weighted by atomic mass is 32.2. The van der Waals surface area contributed by atoms with Gasteiger partial charge in [0.1, 0.15) is 5.69 Å². The van der Waals surface area contributed by atoms with Crippen LogP contribution in [-0.4, -0.2) is 32.2 Å². The van der Waals surface area contributed by atoms with Crippen molar-refractivity contribution in [2.45, 2.75) is 32.4 Å². The molecular formula is C24H28N4O3S. The monoisotopic (exact) mass is 452 g/mol. The number of benzene rings is 2. The van der Waals surface area contributed by atoms with E-state index in [9.17, 15) is 14.4 Å². The Balaban J connectivity index is 1.61. The zero-order valence-corrected chi connectivity index (χ0v) is 19.5. The van der Waals surface area contributed by atoms with Gasteiger partial charge in [0, 0.05) is 12.7 Å². The third-order valence-electron chi connectivity index (χ3n) is 5.28. The van der Waals surface area contributed by atoms with Crippen molar-refractivity contribution in [3.63, 3.8) is 0 Å². The fraction of sp³-hybridized carbons (Fsp3) is 0.292. The number of carbonyl (C=O) groups is 2. The van der Waals surface area contributed by atoms with Crippen molar-refractivity contribution < 1.29 is 9.59 Å². The third-order valence-corrected chi connectivity index (χ3v) is 6.42. The first-order valence-corrected chi connectivity index (χ1v) is 11.5. The molecule has 168 valence electrons. The average Bonchev–Trinajstić information content (AvgIpc) is 3.01. The maximum Gasteiger partial charge on any atom is 0.295 e. The Morgan fingerprint density at radius 2 is 1.69 bits per heavy atom. The second kappa shape index (κ2) is 10.4. The van der Waals surface area contributed by atoms with E-state index in [1.54, 1.807) is 25.6 Å². The fourth-order valence-corrected chi connectivity index (χ4v) is 3.92. The highest BCUT2D eigenvalue weighted by molar-refractivity contribution is 8.01. The van der Waals surface area contributed by atoms with Crippen molar-refractivity contribution in [3.8, 4) is 5.69 Å². The van der Waals surface area contributed by atoms with Crippen LogP contribution in [0.4, 0.5) is 11.4 Å².